The van der Waals surface area contributed by atoms with E-state index in [0.717, 1.165) is 0 Å². The van der Waals surface area contributed by atoms with Crippen LogP contribution in [0.3, 0.4) is 0 Å². The number of rotatable bonds is 2. The molecule has 1 unspecified atom stereocenters. The van der Waals surface area contributed by atoms with E-state index >= 15 is 0 Å². The minimum absolute atomic E-state index is 0.513. The van der Waals surface area contributed by atoms with Gasteiger partial charge in [0.1, 0.15) is 11.6 Å². The molecule has 1 atom stereocenters. The van der Waals surface area contributed by atoms with E-state index in [0.29, 0.717) is 10.6 Å². The quantitative estimate of drug-likeness (QED) is 0.892. The third-order valence-corrected chi connectivity index (χ3v) is 2.21. The first kappa shape index (κ1) is 14.3. The number of benzene rings is 1. The highest BCUT2D eigenvalue weighted by Gasteiger charge is 2.20. The van der Waals surface area contributed by atoms with E-state index in [2.05, 4.69) is 5.32 Å². The number of amides is 1. The minimum atomic E-state index is -0.779. The molecule has 0 saturated heterocycles. The van der Waals surface area contributed by atoms with Crippen molar-refractivity contribution in [2.24, 2.45) is 0 Å². The molecule has 0 saturated carbocycles. The third kappa shape index (κ3) is 4.64. The first-order valence-electron chi connectivity index (χ1n) is 5.46. The Labute approximate surface area is 112 Å². The summed E-state index contributed by atoms with van der Waals surface area (Å²) in [5.74, 6) is 0. The van der Waals surface area contributed by atoms with E-state index in [1.165, 1.54) is 0 Å². The highest BCUT2D eigenvalue weighted by atomic mass is 35.5. The molecule has 0 fully saturated rings. The van der Waals surface area contributed by atoms with E-state index in [1.807, 2.05) is 6.07 Å². The summed E-state index contributed by atoms with van der Waals surface area (Å²) in [5.41, 5.74) is 0.0224. The molecular formula is C13H15ClN2O2. The van der Waals surface area contributed by atoms with Gasteiger partial charge in [0.15, 0.2) is 0 Å². The van der Waals surface area contributed by atoms with Crippen LogP contribution in [-0.4, -0.2) is 11.7 Å². The summed E-state index contributed by atoms with van der Waals surface area (Å²) in [6.07, 6.45) is -0.631. The van der Waals surface area contributed by atoms with Crippen molar-refractivity contribution in [1.82, 2.24) is 5.32 Å². The average Bonchev–Trinajstić information content (AvgIpc) is 2.23. The van der Waals surface area contributed by atoms with Crippen LogP contribution in [0.2, 0.25) is 5.02 Å². The van der Waals surface area contributed by atoms with Gasteiger partial charge in [-0.2, -0.15) is 5.26 Å². The van der Waals surface area contributed by atoms with Crippen molar-refractivity contribution < 1.29 is 9.53 Å². The Morgan fingerprint density at radius 1 is 1.50 bits per heavy atom. The Kier molecular flexibility index (Phi) is 4.57. The first-order chi connectivity index (χ1) is 8.31. The normalized spacial score (nSPS) is 12.4. The van der Waals surface area contributed by atoms with Crippen molar-refractivity contribution in [3.63, 3.8) is 0 Å². The molecule has 1 aromatic rings. The lowest BCUT2D eigenvalue weighted by Gasteiger charge is -2.21. The van der Waals surface area contributed by atoms with Crippen molar-refractivity contribution in [3.05, 3.63) is 34.9 Å². The lowest BCUT2D eigenvalue weighted by molar-refractivity contribution is 0.0515. The fourth-order valence-electron chi connectivity index (χ4n) is 1.30. The van der Waals surface area contributed by atoms with E-state index in [9.17, 15) is 4.79 Å². The average molecular weight is 267 g/mol. The van der Waals surface area contributed by atoms with E-state index in [4.69, 9.17) is 21.6 Å². The highest BCUT2D eigenvalue weighted by molar-refractivity contribution is 6.30. The van der Waals surface area contributed by atoms with Crippen LogP contribution in [0.5, 0.6) is 0 Å². The predicted molar refractivity (Wildman–Crippen MR) is 69.2 cm³/mol. The highest BCUT2D eigenvalue weighted by Crippen LogP contribution is 2.18. The summed E-state index contributed by atoms with van der Waals surface area (Å²) in [7, 11) is 0. The van der Waals surface area contributed by atoms with Crippen molar-refractivity contribution in [2.45, 2.75) is 32.4 Å². The maximum absolute atomic E-state index is 11.6. The number of carbonyl (C=O) groups is 1. The van der Waals surface area contributed by atoms with Gasteiger partial charge >= 0.3 is 6.09 Å². The molecule has 0 aliphatic heterocycles. The number of hydrogen-bond donors (Lipinski definition) is 1. The Morgan fingerprint density at radius 3 is 2.67 bits per heavy atom. The second kappa shape index (κ2) is 5.74. The summed E-state index contributed by atoms with van der Waals surface area (Å²) in [6, 6.07) is 7.99. The Bertz CT molecular complexity index is 475. The molecule has 1 rings (SSSR count). The number of nitrogens with one attached hydrogen (secondary N) is 1. The molecule has 0 radical (unpaired) electrons. The van der Waals surface area contributed by atoms with E-state index in [1.54, 1.807) is 45.0 Å². The topological polar surface area (TPSA) is 62.1 Å². The lowest BCUT2D eigenvalue weighted by atomic mass is 10.1. The maximum atomic E-state index is 11.6. The third-order valence-electron chi connectivity index (χ3n) is 1.97. The fraction of sp³-hybridized carbons (Fsp3) is 0.385. The van der Waals surface area contributed by atoms with Gasteiger partial charge in [0.2, 0.25) is 0 Å². The van der Waals surface area contributed by atoms with Gasteiger partial charge in [0.25, 0.3) is 0 Å². The smallest absolute Gasteiger partial charge is 0.408 e. The Hall–Kier alpha value is -1.73. The minimum Gasteiger partial charge on any atom is -0.444 e. The summed E-state index contributed by atoms with van der Waals surface area (Å²) >= 11 is 5.84. The van der Waals surface area contributed by atoms with E-state index < -0.39 is 17.7 Å². The van der Waals surface area contributed by atoms with Crippen LogP contribution in [0.15, 0.2) is 24.3 Å². The van der Waals surface area contributed by atoms with Crippen molar-refractivity contribution in [1.29, 1.82) is 5.26 Å². The van der Waals surface area contributed by atoms with Gasteiger partial charge in [-0.05, 0) is 38.5 Å². The van der Waals surface area contributed by atoms with Gasteiger partial charge in [-0.15, -0.1) is 0 Å². The number of halogens is 1. The van der Waals surface area contributed by atoms with Crippen LogP contribution in [0.1, 0.15) is 32.4 Å². The molecule has 0 bridgehead atoms. The summed E-state index contributed by atoms with van der Waals surface area (Å²) in [5, 5.41) is 12.1. The van der Waals surface area contributed by atoms with Crippen molar-refractivity contribution >= 4 is 17.7 Å². The van der Waals surface area contributed by atoms with Crippen LogP contribution < -0.4 is 5.32 Å². The molecule has 18 heavy (non-hydrogen) atoms. The monoisotopic (exact) mass is 266 g/mol. The molecular weight excluding hydrogens is 252 g/mol. The van der Waals surface area contributed by atoms with Crippen LogP contribution in [0, 0.1) is 11.3 Å². The fourth-order valence-corrected chi connectivity index (χ4v) is 1.50. The van der Waals surface area contributed by atoms with Crippen molar-refractivity contribution in [3.8, 4) is 6.07 Å². The Balaban J connectivity index is 2.75. The van der Waals surface area contributed by atoms with Gasteiger partial charge < -0.3 is 10.1 Å². The molecule has 1 amide bonds. The standard InChI is InChI=1S/C13H15ClN2O2/c1-13(2,3)18-12(17)16-11(8-15)9-5-4-6-10(14)7-9/h4-7,11H,1-3H3,(H,16,17). The second-order valence-electron chi connectivity index (χ2n) is 4.76. The van der Waals surface area contributed by atoms with Gasteiger partial charge in [-0.1, -0.05) is 23.7 Å². The van der Waals surface area contributed by atoms with Crippen LogP contribution in [0.4, 0.5) is 4.79 Å². The first-order valence-corrected chi connectivity index (χ1v) is 5.84. The van der Waals surface area contributed by atoms with Gasteiger partial charge in [0.05, 0.1) is 6.07 Å². The molecule has 1 N–H and O–H groups in total. The predicted octanol–water partition coefficient (Wildman–Crippen LogP) is 3.43. The number of hydrogen-bond acceptors (Lipinski definition) is 3. The zero-order valence-corrected chi connectivity index (χ0v) is 11.3. The number of carbonyl (C=O) groups excluding carboxylic acids is 1. The van der Waals surface area contributed by atoms with Crippen LogP contribution in [0.25, 0.3) is 0 Å². The number of nitriles is 1. The number of nitrogens with zero attached hydrogens (tertiary/aromatic N) is 1. The summed E-state index contributed by atoms with van der Waals surface area (Å²) < 4.78 is 5.09. The van der Waals surface area contributed by atoms with Gasteiger partial charge in [0, 0.05) is 5.02 Å². The molecule has 0 aliphatic carbocycles. The molecule has 4 nitrogen and oxygen atoms in total. The van der Waals surface area contributed by atoms with E-state index in [-0.39, 0.29) is 0 Å². The van der Waals surface area contributed by atoms with Gasteiger partial charge in [-0.25, -0.2) is 4.79 Å². The summed E-state index contributed by atoms with van der Waals surface area (Å²) in [4.78, 5) is 11.6. The molecule has 0 aliphatic rings. The molecule has 1 aromatic carbocycles. The molecule has 5 heteroatoms. The SMILES string of the molecule is CC(C)(C)OC(=O)NC(C#N)c1cccc(Cl)c1. The lowest BCUT2D eigenvalue weighted by Crippen LogP contribution is -2.34. The zero-order valence-electron chi connectivity index (χ0n) is 10.5. The Morgan fingerprint density at radius 2 is 2.17 bits per heavy atom. The van der Waals surface area contributed by atoms with Crippen molar-refractivity contribution in [2.75, 3.05) is 0 Å². The van der Waals surface area contributed by atoms with Crippen LogP contribution >= 0.6 is 11.6 Å². The second-order valence-corrected chi connectivity index (χ2v) is 5.20. The number of ether oxygens (including phenoxy) is 1. The number of alkyl carbamates (subject to hydrolysis) is 1. The molecule has 0 aromatic heterocycles. The van der Waals surface area contributed by atoms with Crippen LogP contribution in [-0.2, 0) is 4.74 Å². The molecule has 96 valence electrons. The summed E-state index contributed by atoms with van der Waals surface area (Å²) in [6.45, 7) is 5.27. The largest absolute Gasteiger partial charge is 0.444 e. The molecule has 0 spiro atoms. The van der Waals surface area contributed by atoms with Gasteiger partial charge in [-0.3, -0.25) is 0 Å². The molecule has 0 heterocycles. The zero-order chi connectivity index (χ0) is 13.8. The maximum Gasteiger partial charge on any atom is 0.408 e.